The summed E-state index contributed by atoms with van der Waals surface area (Å²) in [4.78, 5) is 0. The van der Waals surface area contributed by atoms with Crippen LogP contribution in [0.15, 0.2) is 12.3 Å². The van der Waals surface area contributed by atoms with Crippen molar-refractivity contribution in [1.29, 1.82) is 0 Å². The van der Waals surface area contributed by atoms with Gasteiger partial charge in [0.2, 0.25) is 0 Å². The predicted octanol–water partition coefficient (Wildman–Crippen LogP) is 2.48. The van der Waals surface area contributed by atoms with Gasteiger partial charge in [0, 0.05) is 0 Å². The van der Waals surface area contributed by atoms with E-state index in [1.165, 1.54) is 0 Å². The van der Waals surface area contributed by atoms with Crippen molar-refractivity contribution in [2.75, 3.05) is 13.2 Å². The van der Waals surface area contributed by atoms with Gasteiger partial charge >= 0.3 is 7.60 Å². The van der Waals surface area contributed by atoms with Crippen molar-refractivity contribution in [1.82, 2.24) is 5.32 Å². The Morgan fingerprint density at radius 1 is 1.43 bits per heavy atom. The van der Waals surface area contributed by atoms with Gasteiger partial charge in [-0.05, 0) is 32.9 Å². The summed E-state index contributed by atoms with van der Waals surface area (Å²) < 4.78 is 22.7. The minimum absolute atomic E-state index is 0.188. The third-order valence-electron chi connectivity index (χ3n) is 2.01. The highest BCUT2D eigenvalue weighted by atomic mass is 31.2. The highest BCUT2D eigenvalue weighted by molar-refractivity contribution is 7.54. The van der Waals surface area contributed by atoms with E-state index in [2.05, 4.69) is 5.32 Å². The summed E-state index contributed by atoms with van der Waals surface area (Å²) in [6.45, 7) is 4.48. The van der Waals surface area contributed by atoms with E-state index in [-0.39, 0.29) is 5.78 Å². The first-order valence-corrected chi connectivity index (χ1v) is 6.64. The second kappa shape index (κ2) is 5.54. The Labute approximate surface area is 85.2 Å². The predicted molar refractivity (Wildman–Crippen MR) is 56.2 cm³/mol. The Hall–Kier alpha value is -0.310. The molecule has 1 N–H and O–H groups in total. The van der Waals surface area contributed by atoms with Gasteiger partial charge in [0.1, 0.15) is 5.78 Å². The Bertz CT molecular complexity index is 232. The fourth-order valence-electron chi connectivity index (χ4n) is 1.43. The van der Waals surface area contributed by atoms with E-state index in [1.807, 2.05) is 26.1 Å². The van der Waals surface area contributed by atoms with Gasteiger partial charge in [-0.25, -0.2) is 0 Å². The summed E-state index contributed by atoms with van der Waals surface area (Å²) in [6.07, 6.45) is 5.55. The lowest BCUT2D eigenvalue weighted by Gasteiger charge is -2.27. The first kappa shape index (κ1) is 11.8. The Kier molecular flexibility index (Phi) is 4.66. The van der Waals surface area contributed by atoms with E-state index in [9.17, 15) is 4.57 Å². The van der Waals surface area contributed by atoms with E-state index < -0.39 is 7.60 Å². The van der Waals surface area contributed by atoms with E-state index >= 15 is 0 Å². The molecule has 0 saturated carbocycles. The maximum atomic E-state index is 12.2. The van der Waals surface area contributed by atoms with Crippen LogP contribution in [-0.2, 0) is 13.6 Å². The molecule has 5 heteroatoms. The number of rotatable bonds is 5. The number of hydrogen-bond acceptors (Lipinski definition) is 4. The topological polar surface area (TPSA) is 47.6 Å². The third-order valence-corrected chi connectivity index (χ3v) is 4.42. The van der Waals surface area contributed by atoms with Crippen LogP contribution >= 0.6 is 7.60 Å². The summed E-state index contributed by atoms with van der Waals surface area (Å²) in [5, 5.41) is 3.04. The van der Waals surface area contributed by atoms with Crippen LogP contribution in [0.4, 0.5) is 0 Å². The first-order chi connectivity index (χ1) is 6.73. The smallest absolute Gasteiger partial charge is 0.352 e. The maximum Gasteiger partial charge on any atom is 0.352 e. The van der Waals surface area contributed by atoms with Gasteiger partial charge in [-0.3, -0.25) is 4.57 Å². The molecule has 1 unspecified atom stereocenters. The highest BCUT2D eigenvalue weighted by Gasteiger charge is 2.35. The number of hydrogen-bond donors (Lipinski definition) is 1. The van der Waals surface area contributed by atoms with E-state index in [1.54, 1.807) is 0 Å². The molecule has 0 aliphatic carbocycles. The molecule has 4 nitrogen and oxygen atoms in total. The SMILES string of the molecule is CCOP(=O)(OCC)C1CCC=CN1. The zero-order chi connectivity index (χ0) is 10.4. The summed E-state index contributed by atoms with van der Waals surface area (Å²) in [7, 11) is -2.96. The molecule has 0 fully saturated rings. The van der Waals surface area contributed by atoms with Crippen LogP contribution in [0.2, 0.25) is 0 Å². The Morgan fingerprint density at radius 3 is 2.50 bits per heavy atom. The first-order valence-electron chi connectivity index (χ1n) is 5.02. The molecule has 1 heterocycles. The van der Waals surface area contributed by atoms with Crippen LogP contribution in [0.25, 0.3) is 0 Å². The lowest BCUT2D eigenvalue weighted by Crippen LogP contribution is -2.28. The average molecular weight is 219 g/mol. The van der Waals surface area contributed by atoms with E-state index in [4.69, 9.17) is 9.05 Å². The average Bonchev–Trinajstić information content (AvgIpc) is 2.20. The van der Waals surface area contributed by atoms with Crippen molar-refractivity contribution in [3.63, 3.8) is 0 Å². The van der Waals surface area contributed by atoms with Gasteiger partial charge in [0.05, 0.1) is 13.2 Å². The molecule has 0 aromatic heterocycles. The minimum Gasteiger partial charge on any atom is -0.378 e. The summed E-state index contributed by atoms with van der Waals surface area (Å²) in [5.41, 5.74) is 0. The Balaban J connectivity index is 2.65. The molecule has 0 radical (unpaired) electrons. The van der Waals surface area contributed by atoms with Crippen molar-refractivity contribution in [3.05, 3.63) is 12.3 Å². The summed E-state index contributed by atoms with van der Waals surface area (Å²) in [5.74, 6) is -0.188. The van der Waals surface area contributed by atoms with Crippen molar-refractivity contribution in [2.24, 2.45) is 0 Å². The molecular weight excluding hydrogens is 201 g/mol. The van der Waals surface area contributed by atoms with Gasteiger partial charge in [-0.15, -0.1) is 0 Å². The monoisotopic (exact) mass is 219 g/mol. The van der Waals surface area contributed by atoms with Crippen LogP contribution in [0.5, 0.6) is 0 Å². The van der Waals surface area contributed by atoms with Crippen LogP contribution in [-0.4, -0.2) is 19.0 Å². The lowest BCUT2D eigenvalue weighted by atomic mass is 10.2. The molecule has 14 heavy (non-hydrogen) atoms. The van der Waals surface area contributed by atoms with Gasteiger partial charge in [0.25, 0.3) is 0 Å². The normalized spacial score (nSPS) is 22.0. The molecule has 1 atom stereocenters. The van der Waals surface area contributed by atoms with Crippen molar-refractivity contribution in [3.8, 4) is 0 Å². The molecule has 1 aliphatic rings. The lowest BCUT2D eigenvalue weighted by molar-refractivity contribution is 0.207. The number of allylic oxidation sites excluding steroid dienone is 1. The van der Waals surface area contributed by atoms with Crippen molar-refractivity contribution >= 4 is 7.60 Å². The van der Waals surface area contributed by atoms with Crippen LogP contribution in [0.3, 0.4) is 0 Å². The number of nitrogens with one attached hydrogen (secondary N) is 1. The second-order valence-corrected chi connectivity index (χ2v) is 5.26. The quantitative estimate of drug-likeness (QED) is 0.721. The standard InChI is InChI=1S/C9H18NO3P/c1-3-12-14(11,13-4-2)9-7-5-6-8-10-9/h6,8-10H,3-5,7H2,1-2H3. The minimum atomic E-state index is -2.96. The molecule has 1 aliphatic heterocycles. The molecule has 82 valence electrons. The molecule has 0 amide bonds. The van der Waals surface area contributed by atoms with Crippen LogP contribution in [0.1, 0.15) is 26.7 Å². The fourth-order valence-corrected chi connectivity index (χ4v) is 3.31. The molecule has 0 aromatic carbocycles. The van der Waals surface area contributed by atoms with E-state index in [0.717, 1.165) is 12.8 Å². The molecule has 0 saturated heterocycles. The molecule has 0 aromatic rings. The van der Waals surface area contributed by atoms with Crippen LogP contribution < -0.4 is 5.32 Å². The molecule has 0 spiro atoms. The third kappa shape index (κ3) is 2.84. The summed E-state index contributed by atoms with van der Waals surface area (Å²) in [6, 6.07) is 0. The van der Waals surface area contributed by atoms with Gasteiger partial charge in [-0.1, -0.05) is 6.08 Å². The highest BCUT2D eigenvalue weighted by Crippen LogP contribution is 2.53. The van der Waals surface area contributed by atoms with E-state index in [0.29, 0.717) is 13.2 Å². The van der Waals surface area contributed by atoms with Crippen molar-refractivity contribution in [2.45, 2.75) is 32.5 Å². The fraction of sp³-hybridized carbons (Fsp3) is 0.778. The zero-order valence-corrected chi connectivity index (χ0v) is 9.63. The van der Waals surface area contributed by atoms with Crippen LogP contribution in [0, 0.1) is 0 Å². The van der Waals surface area contributed by atoms with Gasteiger partial charge in [0.15, 0.2) is 0 Å². The molecule has 0 bridgehead atoms. The summed E-state index contributed by atoms with van der Waals surface area (Å²) >= 11 is 0. The zero-order valence-electron chi connectivity index (χ0n) is 8.73. The largest absolute Gasteiger partial charge is 0.378 e. The molecule has 1 rings (SSSR count). The Morgan fingerprint density at radius 2 is 2.07 bits per heavy atom. The van der Waals surface area contributed by atoms with Crippen molar-refractivity contribution < 1.29 is 13.6 Å². The van der Waals surface area contributed by atoms with Gasteiger partial charge < -0.3 is 14.4 Å². The van der Waals surface area contributed by atoms with Gasteiger partial charge in [-0.2, -0.15) is 0 Å². The second-order valence-electron chi connectivity index (χ2n) is 3.04. The maximum absolute atomic E-state index is 12.2. The molecular formula is C9H18NO3P.